The van der Waals surface area contributed by atoms with Crippen LogP contribution in [0.15, 0.2) is 12.1 Å². The van der Waals surface area contributed by atoms with Crippen molar-refractivity contribution in [3.05, 3.63) is 29.1 Å². The molecular weight excluding hydrogens is 190 g/mol. The number of rotatable bonds is 3. The number of hydrogen-bond donors (Lipinski definition) is 1. The van der Waals surface area contributed by atoms with E-state index >= 15 is 0 Å². The Morgan fingerprint density at radius 1 is 1.20 bits per heavy atom. The lowest BCUT2D eigenvalue weighted by atomic mass is 9.95. The van der Waals surface area contributed by atoms with Gasteiger partial charge in [0.2, 0.25) is 0 Å². The van der Waals surface area contributed by atoms with Crippen LogP contribution in [0.5, 0.6) is 0 Å². The van der Waals surface area contributed by atoms with Crippen LogP contribution in [0.2, 0.25) is 0 Å². The van der Waals surface area contributed by atoms with E-state index in [9.17, 15) is 4.79 Å². The van der Waals surface area contributed by atoms with E-state index in [1.54, 1.807) is 6.07 Å². The third kappa shape index (κ3) is 2.55. The topological polar surface area (TPSA) is 50.2 Å². The lowest BCUT2D eigenvalue weighted by Crippen LogP contribution is -2.08. The number of nitrogens with zero attached hydrogens (tertiary/aromatic N) is 1. The van der Waals surface area contributed by atoms with Gasteiger partial charge >= 0.3 is 5.97 Å². The Kier molecular flexibility index (Phi) is 3.45. The van der Waals surface area contributed by atoms with Crippen molar-refractivity contribution in [3.8, 4) is 0 Å². The maximum Gasteiger partial charge on any atom is 0.354 e. The SMILES string of the molecule is CC(C)c1ccc(C(=O)O)nc1C(C)C. The molecule has 1 heterocycles. The van der Waals surface area contributed by atoms with Crippen molar-refractivity contribution < 1.29 is 9.90 Å². The van der Waals surface area contributed by atoms with Gasteiger partial charge in [-0.05, 0) is 23.5 Å². The third-order valence-corrected chi connectivity index (χ3v) is 2.35. The van der Waals surface area contributed by atoms with Crippen LogP contribution in [-0.4, -0.2) is 16.1 Å². The number of hydrogen-bond acceptors (Lipinski definition) is 2. The monoisotopic (exact) mass is 207 g/mol. The first kappa shape index (κ1) is 11.7. The second-order valence-electron chi connectivity index (χ2n) is 4.29. The number of aromatic nitrogens is 1. The molecule has 0 aliphatic rings. The lowest BCUT2D eigenvalue weighted by molar-refractivity contribution is 0.0690. The van der Waals surface area contributed by atoms with E-state index < -0.39 is 5.97 Å². The molecule has 0 aliphatic carbocycles. The molecule has 0 fully saturated rings. The standard InChI is InChI=1S/C12H17NO2/c1-7(2)9-5-6-10(12(14)15)13-11(9)8(3)4/h5-8H,1-4H3,(H,14,15). The molecule has 1 aromatic rings. The van der Waals surface area contributed by atoms with Gasteiger partial charge in [-0.3, -0.25) is 0 Å². The molecule has 0 aliphatic heterocycles. The Labute approximate surface area is 90.2 Å². The minimum Gasteiger partial charge on any atom is -0.477 e. The second kappa shape index (κ2) is 4.43. The number of aromatic carboxylic acids is 1. The zero-order valence-electron chi connectivity index (χ0n) is 9.61. The Bertz CT molecular complexity index is 370. The normalized spacial score (nSPS) is 11.1. The number of carboxylic acids is 1. The van der Waals surface area contributed by atoms with Gasteiger partial charge in [0.05, 0.1) is 0 Å². The average molecular weight is 207 g/mol. The minimum absolute atomic E-state index is 0.128. The van der Waals surface area contributed by atoms with Crippen LogP contribution in [0.1, 0.15) is 61.3 Å². The molecule has 0 bridgehead atoms. The van der Waals surface area contributed by atoms with Crippen LogP contribution in [0.4, 0.5) is 0 Å². The second-order valence-corrected chi connectivity index (χ2v) is 4.29. The summed E-state index contributed by atoms with van der Waals surface area (Å²) in [7, 11) is 0. The maximum atomic E-state index is 10.8. The molecular formula is C12H17NO2. The van der Waals surface area contributed by atoms with Gasteiger partial charge in [0.1, 0.15) is 5.69 Å². The summed E-state index contributed by atoms with van der Waals surface area (Å²) < 4.78 is 0. The number of carboxylic acid groups (broad SMARTS) is 1. The predicted octanol–water partition coefficient (Wildman–Crippen LogP) is 3.03. The quantitative estimate of drug-likeness (QED) is 0.828. The fourth-order valence-electron chi connectivity index (χ4n) is 1.56. The molecule has 1 aromatic heterocycles. The van der Waals surface area contributed by atoms with Gasteiger partial charge in [-0.1, -0.05) is 33.8 Å². The maximum absolute atomic E-state index is 10.8. The van der Waals surface area contributed by atoms with Crippen molar-refractivity contribution in [2.24, 2.45) is 0 Å². The third-order valence-electron chi connectivity index (χ3n) is 2.35. The largest absolute Gasteiger partial charge is 0.477 e. The van der Waals surface area contributed by atoms with Crippen molar-refractivity contribution in [3.63, 3.8) is 0 Å². The fraction of sp³-hybridized carbons (Fsp3) is 0.500. The molecule has 0 aromatic carbocycles. The van der Waals surface area contributed by atoms with E-state index in [-0.39, 0.29) is 11.6 Å². The summed E-state index contributed by atoms with van der Waals surface area (Å²) in [6, 6.07) is 3.44. The van der Waals surface area contributed by atoms with Gasteiger partial charge in [0, 0.05) is 5.69 Å². The molecule has 1 rings (SSSR count). The van der Waals surface area contributed by atoms with Crippen molar-refractivity contribution in [2.45, 2.75) is 39.5 Å². The summed E-state index contributed by atoms with van der Waals surface area (Å²) in [6.45, 7) is 8.23. The number of pyridine rings is 1. The molecule has 3 heteroatoms. The van der Waals surface area contributed by atoms with Crippen LogP contribution >= 0.6 is 0 Å². The van der Waals surface area contributed by atoms with Crippen molar-refractivity contribution in [2.75, 3.05) is 0 Å². The Hall–Kier alpha value is -1.38. The molecule has 0 spiro atoms. The van der Waals surface area contributed by atoms with Gasteiger partial charge in [0.25, 0.3) is 0 Å². The minimum atomic E-state index is -0.966. The highest BCUT2D eigenvalue weighted by molar-refractivity contribution is 5.85. The van der Waals surface area contributed by atoms with Crippen molar-refractivity contribution >= 4 is 5.97 Å². The smallest absolute Gasteiger partial charge is 0.354 e. The summed E-state index contributed by atoms with van der Waals surface area (Å²) in [6.07, 6.45) is 0. The van der Waals surface area contributed by atoms with Crippen molar-refractivity contribution in [1.29, 1.82) is 0 Å². The van der Waals surface area contributed by atoms with Crippen molar-refractivity contribution in [1.82, 2.24) is 4.98 Å². The van der Waals surface area contributed by atoms with E-state index in [2.05, 4.69) is 18.8 Å². The van der Waals surface area contributed by atoms with E-state index in [1.807, 2.05) is 19.9 Å². The molecule has 0 unspecified atom stereocenters. The summed E-state index contributed by atoms with van der Waals surface area (Å²) in [5, 5.41) is 8.86. The highest BCUT2D eigenvalue weighted by Gasteiger charge is 2.14. The highest BCUT2D eigenvalue weighted by Crippen LogP contribution is 2.24. The molecule has 1 N–H and O–H groups in total. The molecule has 3 nitrogen and oxygen atoms in total. The Morgan fingerprint density at radius 3 is 2.20 bits per heavy atom. The summed E-state index contributed by atoms with van der Waals surface area (Å²) in [5.74, 6) is -0.341. The lowest BCUT2D eigenvalue weighted by Gasteiger charge is -2.14. The highest BCUT2D eigenvalue weighted by atomic mass is 16.4. The van der Waals surface area contributed by atoms with E-state index in [0.29, 0.717) is 5.92 Å². The van der Waals surface area contributed by atoms with Crippen LogP contribution in [0.25, 0.3) is 0 Å². The summed E-state index contributed by atoms with van der Waals surface area (Å²) >= 11 is 0. The zero-order valence-corrected chi connectivity index (χ0v) is 9.61. The van der Waals surface area contributed by atoms with Crippen LogP contribution < -0.4 is 0 Å². The Balaban J connectivity index is 3.27. The summed E-state index contributed by atoms with van der Waals surface area (Å²) in [4.78, 5) is 15.0. The van der Waals surface area contributed by atoms with Gasteiger partial charge in [-0.15, -0.1) is 0 Å². The van der Waals surface area contributed by atoms with Gasteiger partial charge in [-0.2, -0.15) is 0 Å². The first-order valence-corrected chi connectivity index (χ1v) is 5.17. The molecule has 0 saturated heterocycles. The van der Waals surface area contributed by atoms with E-state index in [4.69, 9.17) is 5.11 Å². The van der Waals surface area contributed by atoms with Crippen LogP contribution in [0.3, 0.4) is 0 Å². The van der Waals surface area contributed by atoms with Gasteiger partial charge < -0.3 is 5.11 Å². The molecule has 0 radical (unpaired) electrons. The number of carbonyl (C=O) groups is 1. The molecule has 0 amide bonds. The Morgan fingerprint density at radius 2 is 1.80 bits per heavy atom. The predicted molar refractivity (Wildman–Crippen MR) is 59.4 cm³/mol. The van der Waals surface area contributed by atoms with Gasteiger partial charge in [-0.25, -0.2) is 9.78 Å². The van der Waals surface area contributed by atoms with Crippen LogP contribution in [-0.2, 0) is 0 Å². The van der Waals surface area contributed by atoms with Gasteiger partial charge in [0.15, 0.2) is 0 Å². The fourth-order valence-corrected chi connectivity index (χ4v) is 1.56. The first-order chi connectivity index (χ1) is 6.93. The van der Waals surface area contributed by atoms with E-state index in [0.717, 1.165) is 11.3 Å². The molecule has 15 heavy (non-hydrogen) atoms. The van der Waals surface area contributed by atoms with Crippen LogP contribution in [0, 0.1) is 0 Å². The molecule has 0 saturated carbocycles. The first-order valence-electron chi connectivity index (χ1n) is 5.17. The molecule has 0 atom stereocenters. The average Bonchev–Trinajstić information content (AvgIpc) is 2.16. The van der Waals surface area contributed by atoms with E-state index in [1.165, 1.54) is 0 Å². The zero-order chi connectivity index (χ0) is 11.6. The summed E-state index contributed by atoms with van der Waals surface area (Å²) in [5.41, 5.74) is 2.16. The molecule has 82 valence electrons.